The molecule has 0 unspecified atom stereocenters. The summed E-state index contributed by atoms with van der Waals surface area (Å²) in [5.41, 5.74) is 0.493. The number of rotatable bonds is 2. The Balaban J connectivity index is 1.78. The van der Waals surface area contributed by atoms with Crippen molar-refractivity contribution in [2.24, 2.45) is 0 Å². The molecule has 0 aliphatic carbocycles. The molecule has 2 saturated heterocycles. The van der Waals surface area contributed by atoms with Crippen molar-refractivity contribution in [3.8, 4) is 11.8 Å². The summed E-state index contributed by atoms with van der Waals surface area (Å²) < 4.78 is 25.3. The number of nitriles is 1. The van der Waals surface area contributed by atoms with Gasteiger partial charge in [0, 0.05) is 31.7 Å². The van der Waals surface area contributed by atoms with E-state index in [-0.39, 0.29) is 23.5 Å². The molecule has 1 amide bonds. The van der Waals surface area contributed by atoms with E-state index in [1.807, 2.05) is 0 Å². The van der Waals surface area contributed by atoms with E-state index in [4.69, 9.17) is 19.8 Å². The van der Waals surface area contributed by atoms with Crippen LogP contribution in [0.2, 0.25) is 0 Å². The van der Waals surface area contributed by atoms with Gasteiger partial charge in [0.1, 0.15) is 6.07 Å². The molecule has 8 heteroatoms. The normalized spacial score (nSPS) is 24.1. The van der Waals surface area contributed by atoms with Crippen molar-refractivity contribution < 1.29 is 23.8 Å². The van der Waals surface area contributed by atoms with E-state index < -0.39 is 11.9 Å². The molecule has 0 radical (unpaired) electrons. The van der Waals surface area contributed by atoms with Crippen LogP contribution in [0.5, 0.6) is 5.75 Å². The van der Waals surface area contributed by atoms with Crippen LogP contribution in [0, 0.1) is 17.1 Å². The smallest absolute Gasteiger partial charge is 0.407 e. The maximum atomic E-state index is 14.3. The highest BCUT2D eigenvalue weighted by Crippen LogP contribution is 2.35. The molecule has 1 N–H and O–H groups in total. The number of amides is 1. The summed E-state index contributed by atoms with van der Waals surface area (Å²) in [7, 11) is 1.36. The minimum Gasteiger partial charge on any atom is -0.493 e. The van der Waals surface area contributed by atoms with Gasteiger partial charge in [-0.25, -0.2) is 9.18 Å². The van der Waals surface area contributed by atoms with Gasteiger partial charge in [0.05, 0.1) is 31.4 Å². The Morgan fingerprint density at radius 2 is 2.25 bits per heavy atom. The highest BCUT2D eigenvalue weighted by Gasteiger charge is 2.36. The summed E-state index contributed by atoms with van der Waals surface area (Å²) in [5, 5.41) is 18.0. The monoisotopic (exact) mass is 335 g/mol. The molecule has 2 heterocycles. The zero-order chi connectivity index (χ0) is 17.3. The average Bonchev–Trinajstić information content (AvgIpc) is 2.60. The second kappa shape index (κ2) is 6.63. The van der Waals surface area contributed by atoms with Crippen LogP contribution in [0.3, 0.4) is 0 Å². The fraction of sp³-hybridized carbons (Fsp3) is 0.500. The Bertz CT molecular complexity index is 691. The molecule has 2 fully saturated rings. The van der Waals surface area contributed by atoms with Gasteiger partial charge in [-0.1, -0.05) is 6.07 Å². The third kappa shape index (κ3) is 2.88. The van der Waals surface area contributed by atoms with Gasteiger partial charge in [0.25, 0.3) is 0 Å². The van der Waals surface area contributed by atoms with Gasteiger partial charge in [-0.2, -0.15) is 5.26 Å². The van der Waals surface area contributed by atoms with Crippen LogP contribution in [0.1, 0.15) is 17.2 Å². The van der Waals surface area contributed by atoms with Crippen LogP contribution in [-0.4, -0.2) is 66.9 Å². The maximum absolute atomic E-state index is 14.3. The standard InChI is InChI=1S/C16H18FN3O4/c1-23-15-12(3-2-10(6-18)14(15)17)13-8-19-4-5-20(16(21)22)7-11(19)9-24-13/h2-3,11,13H,4-5,7-9H2,1H3,(H,21,22)/t11-,13-/m0/s1. The number of fused-ring (bicyclic) bond motifs is 1. The Labute approximate surface area is 138 Å². The number of hydrogen-bond donors (Lipinski definition) is 1. The van der Waals surface area contributed by atoms with Gasteiger partial charge in [0.15, 0.2) is 11.6 Å². The lowest BCUT2D eigenvalue weighted by molar-refractivity contribution is -0.0873. The number of methoxy groups -OCH3 is 1. The summed E-state index contributed by atoms with van der Waals surface area (Å²) in [4.78, 5) is 14.6. The van der Waals surface area contributed by atoms with Gasteiger partial charge in [0.2, 0.25) is 0 Å². The lowest BCUT2D eigenvalue weighted by Crippen LogP contribution is -2.59. The lowest BCUT2D eigenvalue weighted by atomic mass is 10.0. The molecule has 0 bridgehead atoms. The zero-order valence-electron chi connectivity index (χ0n) is 13.2. The summed E-state index contributed by atoms with van der Waals surface area (Å²) >= 11 is 0. The molecule has 0 saturated carbocycles. The number of ether oxygens (including phenoxy) is 2. The maximum Gasteiger partial charge on any atom is 0.407 e. The van der Waals surface area contributed by atoms with Crippen molar-refractivity contribution in [2.75, 3.05) is 39.9 Å². The Morgan fingerprint density at radius 3 is 2.92 bits per heavy atom. The van der Waals surface area contributed by atoms with Crippen LogP contribution >= 0.6 is 0 Å². The minimum atomic E-state index is -0.924. The van der Waals surface area contributed by atoms with Gasteiger partial charge in [-0.05, 0) is 6.07 Å². The molecule has 0 spiro atoms. The molecule has 0 aromatic heterocycles. The molecule has 1 aromatic carbocycles. The predicted molar refractivity (Wildman–Crippen MR) is 81.3 cm³/mol. The SMILES string of the molecule is COc1c([C@@H]2CN3CCN(C(=O)O)C[C@H]3CO2)ccc(C#N)c1F. The number of benzene rings is 1. The van der Waals surface area contributed by atoms with Crippen molar-refractivity contribution in [3.05, 3.63) is 29.1 Å². The fourth-order valence-electron chi connectivity index (χ4n) is 3.26. The Kier molecular flexibility index (Phi) is 4.55. The molecule has 1 aromatic rings. The summed E-state index contributed by atoms with van der Waals surface area (Å²) in [6.07, 6.45) is -1.30. The van der Waals surface area contributed by atoms with Crippen LogP contribution in [0.4, 0.5) is 9.18 Å². The van der Waals surface area contributed by atoms with Crippen LogP contribution < -0.4 is 4.74 Å². The molecule has 128 valence electrons. The van der Waals surface area contributed by atoms with Crippen molar-refractivity contribution in [1.82, 2.24) is 9.80 Å². The molecular formula is C16H18FN3O4. The van der Waals surface area contributed by atoms with Crippen LogP contribution in [0.15, 0.2) is 12.1 Å². The first-order valence-electron chi connectivity index (χ1n) is 7.65. The first-order chi connectivity index (χ1) is 11.5. The van der Waals surface area contributed by atoms with Crippen molar-refractivity contribution in [2.45, 2.75) is 12.1 Å². The van der Waals surface area contributed by atoms with Crippen molar-refractivity contribution >= 4 is 6.09 Å². The molecule has 2 aliphatic heterocycles. The topological polar surface area (TPSA) is 86.0 Å². The highest BCUT2D eigenvalue weighted by atomic mass is 19.1. The van der Waals surface area contributed by atoms with Crippen molar-refractivity contribution in [1.29, 1.82) is 5.26 Å². The summed E-state index contributed by atoms with van der Waals surface area (Å²) in [6.45, 7) is 2.34. The molecular weight excluding hydrogens is 317 g/mol. The number of morpholine rings is 1. The van der Waals surface area contributed by atoms with E-state index in [9.17, 15) is 9.18 Å². The predicted octanol–water partition coefficient (Wildman–Crippen LogP) is 1.44. The van der Waals surface area contributed by atoms with E-state index >= 15 is 0 Å². The van der Waals surface area contributed by atoms with Crippen LogP contribution in [-0.2, 0) is 4.74 Å². The summed E-state index contributed by atoms with van der Waals surface area (Å²) in [6, 6.07) is 4.87. The molecule has 3 rings (SSSR count). The first-order valence-corrected chi connectivity index (χ1v) is 7.65. The van der Waals surface area contributed by atoms with Crippen molar-refractivity contribution in [3.63, 3.8) is 0 Å². The third-order valence-corrected chi connectivity index (χ3v) is 4.56. The Hall–Kier alpha value is -2.37. The highest BCUT2D eigenvalue weighted by molar-refractivity contribution is 5.65. The average molecular weight is 335 g/mol. The van der Waals surface area contributed by atoms with Gasteiger partial charge in [-0.15, -0.1) is 0 Å². The lowest BCUT2D eigenvalue weighted by Gasteiger charge is -2.45. The molecule has 24 heavy (non-hydrogen) atoms. The number of hydrogen-bond acceptors (Lipinski definition) is 5. The van der Waals surface area contributed by atoms with Gasteiger partial charge in [-0.3, -0.25) is 4.90 Å². The third-order valence-electron chi connectivity index (χ3n) is 4.56. The van der Waals surface area contributed by atoms with E-state index in [2.05, 4.69) is 4.90 Å². The second-order valence-corrected chi connectivity index (χ2v) is 5.86. The number of carboxylic acid groups (broad SMARTS) is 1. The number of piperazine rings is 1. The summed E-state index contributed by atoms with van der Waals surface area (Å²) in [5.74, 6) is -0.652. The van der Waals surface area contributed by atoms with Gasteiger partial charge >= 0.3 is 6.09 Å². The second-order valence-electron chi connectivity index (χ2n) is 5.86. The van der Waals surface area contributed by atoms with E-state index in [0.717, 1.165) is 0 Å². The number of carbonyl (C=O) groups is 1. The first kappa shape index (κ1) is 16.5. The van der Waals surface area contributed by atoms with Crippen LogP contribution in [0.25, 0.3) is 0 Å². The quantitative estimate of drug-likeness (QED) is 0.880. The van der Waals surface area contributed by atoms with E-state index in [1.165, 1.54) is 18.1 Å². The fourth-order valence-corrected chi connectivity index (χ4v) is 3.26. The zero-order valence-corrected chi connectivity index (χ0v) is 13.2. The molecule has 7 nitrogen and oxygen atoms in total. The number of nitrogens with zero attached hydrogens (tertiary/aromatic N) is 3. The van der Waals surface area contributed by atoms with E-state index in [1.54, 1.807) is 12.1 Å². The molecule has 2 aliphatic rings. The van der Waals surface area contributed by atoms with Gasteiger partial charge < -0.3 is 19.5 Å². The number of halogens is 1. The Morgan fingerprint density at radius 1 is 1.46 bits per heavy atom. The molecule has 2 atom stereocenters. The largest absolute Gasteiger partial charge is 0.493 e. The minimum absolute atomic E-state index is 0.000300. The van der Waals surface area contributed by atoms with E-state index in [0.29, 0.717) is 38.3 Å².